The fourth-order valence-corrected chi connectivity index (χ4v) is 4.03. The number of carbonyl (C=O) groups is 1. The zero-order valence-electron chi connectivity index (χ0n) is 15.0. The molecule has 2 aromatic rings. The molecule has 0 bridgehead atoms. The van der Waals surface area contributed by atoms with Crippen LogP contribution in [0.5, 0.6) is 0 Å². The maximum atomic E-state index is 12.8. The van der Waals surface area contributed by atoms with Crippen molar-refractivity contribution in [1.82, 2.24) is 4.57 Å². The lowest BCUT2D eigenvalue weighted by molar-refractivity contribution is 0.0946. The number of para-hydroxylation sites is 1. The number of amides is 1. The van der Waals surface area contributed by atoms with Crippen LogP contribution in [-0.2, 0) is 11.3 Å². The number of carbonyl (C=O) groups excluding carboxylic acids is 1. The first kappa shape index (κ1) is 17.9. The number of hydrogen-bond acceptors (Lipinski definition) is 4. The van der Waals surface area contributed by atoms with E-state index in [1.165, 1.54) is 4.88 Å². The van der Waals surface area contributed by atoms with Gasteiger partial charge in [-0.3, -0.25) is 4.79 Å². The molecule has 5 nitrogen and oxygen atoms in total. The van der Waals surface area contributed by atoms with Gasteiger partial charge in [0.05, 0.1) is 18.2 Å². The van der Waals surface area contributed by atoms with Gasteiger partial charge in [0.1, 0.15) is 0 Å². The maximum absolute atomic E-state index is 12.8. The number of ether oxygens (including phenoxy) is 1. The minimum atomic E-state index is -0.209. The first-order valence-electron chi connectivity index (χ1n) is 8.80. The van der Waals surface area contributed by atoms with E-state index < -0.39 is 0 Å². The van der Waals surface area contributed by atoms with E-state index in [1.807, 2.05) is 31.2 Å². The molecule has 1 amide bonds. The van der Waals surface area contributed by atoms with E-state index in [4.69, 9.17) is 4.74 Å². The highest BCUT2D eigenvalue weighted by Gasteiger charge is 2.19. The van der Waals surface area contributed by atoms with Crippen LogP contribution < -0.4 is 10.1 Å². The summed E-state index contributed by atoms with van der Waals surface area (Å²) in [6.07, 6.45) is 2.39. The van der Waals surface area contributed by atoms with Crippen LogP contribution in [0.4, 0.5) is 5.69 Å². The highest BCUT2D eigenvalue weighted by molar-refractivity contribution is 7.09. The van der Waals surface area contributed by atoms with Gasteiger partial charge in [0, 0.05) is 29.4 Å². The second-order valence-corrected chi connectivity index (χ2v) is 7.45. The first-order valence-corrected chi connectivity index (χ1v) is 9.62. The molecule has 0 aliphatic carbocycles. The van der Waals surface area contributed by atoms with Crippen molar-refractivity contribution in [3.8, 4) is 0 Å². The molecule has 6 heteroatoms. The van der Waals surface area contributed by atoms with Crippen LogP contribution in [0.25, 0.3) is 0 Å². The second-order valence-electron chi connectivity index (χ2n) is 6.26. The van der Waals surface area contributed by atoms with Crippen LogP contribution in [0.1, 0.15) is 40.7 Å². The predicted octanol–water partition coefficient (Wildman–Crippen LogP) is 3.52. The van der Waals surface area contributed by atoms with Gasteiger partial charge >= 0.3 is 0 Å². The number of rotatable bonds is 5. The smallest absolute Gasteiger partial charge is 0.281 e. The van der Waals surface area contributed by atoms with Crippen LogP contribution in [0.3, 0.4) is 0 Å². The maximum Gasteiger partial charge on any atom is 0.281 e. The van der Waals surface area contributed by atoms with E-state index in [-0.39, 0.29) is 12.0 Å². The Bertz CT molecular complexity index is 816. The van der Waals surface area contributed by atoms with Crippen LogP contribution in [0.2, 0.25) is 0 Å². The van der Waals surface area contributed by atoms with Gasteiger partial charge in [-0.25, -0.2) is 0 Å². The SMILES string of the molecule is CCNc1ccccc1C(=O)/N=c1\sc(C)c(C)n1CC1CCCO1. The van der Waals surface area contributed by atoms with Gasteiger partial charge < -0.3 is 14.6 Å². The standard InChI is InChI=1S/C19H25N3O2S/c1-4-20-17-10-6-5-9-16(17)18(23)21-19-22(13(2)14(3)25-19)12-15-8-7-11-24-15/h5-6,9-10,15,20H,4,7-8,11-12H2,1-3H3/b21-19-. The van der Waals surface area contributed by atoms with Crippen molar-refractivity contribution in [3.05, 3.63) is 45.2 Å². The summed E-state index contributed by atoms with van der Waals surface area (Å²) in [6.45, 7) is 8.52. The monoisotopic (exact) mass is 359 g/mol. The van der Waals surface area contributed by atoms with E-state index in [9.17, 15) is 4.79 Å². The molecule has 1 unspecified atom stereocenters. The van der Waals surface area contributed by atoms with Gasteiger partial charge in [-0.05, 0) is 45.7 Å². The van der Waals surface area contributed by atoms with Crippen molar-refractivity contribution in [2.45, 2.75) is 46.3 Å². The van der Waals surface area contributed by atoms with Crippen LogP contribution in [0, 0.1) is 13.8 Å². The zero-order chi connectivity index (χ0) is 17.8. The summed E-state index contributed by atoms with van der Waals surface area (Å²) in [5, 5.41) is 3.23. The van der Waals surface area contributed by atoms with Gasteiger partial charge in [0.2, 0.25) is 0 Å². The molecule has 134 valence electrons. The molecule has 1 aliphatic rings. The summed E-state index contributed by atoms with van der Waals surface area (Å²) in [6, 6.07) is 7.53. The first-order chi connectivity index (χ1) is 12.1. The van der Waals surface area contributed by atoms with Crippen LogP contribution >= 0.6 is 11.3 Å². The third kappa shape index (κ3) is 4.02. The lowest BCUT2D eigenvalue weighted by atomic mass is 10.1. The van der Waals surface area contributed by atoms with E-state index >= 15 is 0 Å². The largest absolute Gasteiger partial charge is 0.385 e. The van der Waals surface area contributed by atoms with Crippen LogP contribution in [0.15, 0.2) is 29.3 Å². The van der Waals surface area contributed by atoms with Crippen molar-refractivity contribution >= 4 is 22.9 Å². The minimum absolute atomic E-state index is 0.209. The van der Waals surface area contributed by atoms with Gasteiger partial charge in [-0.1, -0.05) is 12.1 Å². The molecule has 1 saturated heterocycles. The Balaban J connectivity index is 1.95. The molecule has 3 rings (SSSR count). The van der Waals surface area contributed by atoms with Crippen LogP contribution in [-0.4, -0.2) is 29.7 Å². The Morgan fingerprint density at radius 3 is 2.92 bits per heavy atom. The molecule has 1 atom stereocenters. The van der Waals surface area contributed by atoms with Crippen molar-refractivity contribution < 1.29 is 9.53 Å². The highest BCUT2D eigenvalue weighted by atomic mass is 32.1. The van der Waals surface area contributed by atoms with E-state index in [1.54, 1.807) is 11.3 Å². The molecule has 0 radical (unpaired) electrons. The quantitative estimate of drug-likeness (QED) is 0.889. The minimum Gasteiger partial charge on any atom is -0.385 e. The zero-order valence-corrected chi connectivity index (χ0v) is 15.9. The molecule has 1 aromatic heterocycles. The molecule has 1 N–H and O–H groups in total. The van der Waals surface area contributed by atoms with E-state index in [0.717, 1.165) is 48.7 Å². The summed E-state index contributed by atoms with van der Waals surface area (Å²) >= 11 is 1.57. The molecular formula is C19H25N3O2S. The molecule has 0 spiro atoms. The molecular weight excluding hydrogens is 334 g/mol. The third-order valence-corrected chi connectivity index (χ3v) is 5.62. The topological polar surface area (TPSA) is 55.6 Å². The average Bonchev–Trinajstić information content (AvgIpc) is 3.20. The van der Waals surface area contributed by atoms with E-state index in [2.05, 4.69) is 28.7 Å². The van der Waals surface area contributed by atoms with Gasteiger partial charge in [0.25, 0.3) is 5.91 Å². The summed E-state index contributed by atoms with van der Waals surface area (Å²) in [5.74, 6) is -0.209. The summed E-state index contributed by atoms with van der Waals surface area (Å²) in [4.78, 5) is 19.2. The Labute approximate surface area is 152 Å². The lowest BCUT2D eigenvalue weighted by Gasteiger charge is -2.12. The predicted molar refractivity (Wildman–Crippen MR) is 101 cm³/mol. The number of aryl methyl sites for hydroxylation is 1. The van der Waals surface area contributed by atoms with Gasteiger partial charge in [0.15, 0.2) is 4.80 Å². The molecule has 1 aliphatic heterocycles. The Morgan fingerprint density at radius 1 is 1.40 bits per heavy atom. The summed E-state index contributed by atoms with van der Waals surface area (Å²) in [7, 11) is 0. The fraction of sp³-hybridized carbons (Fsp3) is 0.474. The molecule has 1 fully saturated rings. The number of aromatic nitrogens is 1. The number of hydrogen-bond donors (Lipinski definition) is 1. The number of nitrogens with one attached hydrogen (secondary N) is 1. The van der Waals surface area contributed by atoms with Gasteiger partial charge in [-0.2, -0.15) is 4.99 Å². The second kappa shape index (κ2) is 7.97. The Hall–Kier alpha value is -1.92. The molecule has 2 heterocycles. The molecule has 0 saturated carbocycles. The number of nitrogens with zero attached hydrogens (tertiary/aromatic N) is 2. The third-order valence-electron chi connectivity index (χ3n) is 4.52. The molecule has 1 aromatic carbocycles. The molecule has 25 heavy (non-hydrogen) atoms. The summed E-state index contributed by atoms with van der Waals surface area (Å²) in [5.41, 5.74) is 2.60. The summed E-state index contributed by atoms with van der Waals surface area (Å²) < 4.78 is 7.89. The van der Waals surface area contributed by atoms with Crippen molar-refractivity contribution in [3.63, 3.8) is 0 Å². The van der Waals surface area contributed by atoms with E-state index in [0.29, 0.717) is 5.56 Å². The van der Waals surface area contributed by atoms with Crippen molar-refractivity contribution in [2.24, 2.45) is 4.99 Å². The lowest BCUT2D eigenvalue weighted by Crippen LogP contribution is -2.25. The van der Waals surface area contributed by atoms with Crippen molar-refractivity contribution in [1.29, 1.82) is 0 Å². The highest BCUT2D eigenvalue weighted by Crippen LogP contribution is 2.18. The Morgan fingerprint density at radius 2 is 2.20 bits per heavy atom. The number of anilines is 1. The average molecular weight is 359 g/mol. The number of benzene rings is 1. The normalized spacial score (nSPS) is 17.9. The fourth-order valence-electron chi connectivity index (χ4n) is 3.05. The number of thiazole rings is 1. The Kier molecular flexibility index (Phi) is 5.71. The van der Waals surface area contributed by atoms with Crippen molar-refractivity contribution in [2.75, 3.05) is 18.5 Å². The van der Waals surface area contributed by atoms with Gasteiger partial charge in [-0.15, -0.1) is 11.3 Å².